The Morgan fingerprint density at radius 3 is 1.56 bits per heavy atom. The van der Waals surface area contributed by atoms with Gasteiger partial charge in [-0.25, -0.2) is 0 Å². The average molecular weight is 524 g/mol. The second-order valence-electron chi connectivity index (χ2n) is 6.92. The van der Waals surface area contributed by atoms with Crippen LogP contribution in [0.5, 0.6) is 0 Å². The molecule has 3 atom stereocenters. The summed E-state index contributed by atoms with van der Waals surface area (Å²) in [7, 11) is 0. The molecule has 0 aromatic rings. The van der Waals surface area contributed by atoms with Crippen molar-refractivity contribution in [2.45, 2.75) is 33.7 Å². The van der Waals surface area contributed by atoms with Crippen molar-refractivity contribution < 1.29 is 43.0 Å². The predicted molar refractivity (Wildman–Crippen MR) is 119 cm³/mol. The summed E-state index contributed by atoms with van der Waals surface area (Å²) in [6.45, 7) is 5.48. The largest absolute Gasteiger partial charge is 0.465 e. The number of rotatable bonds is 11. The molecule has 13 heteroatoms. The maximum atomic E-state index is 12.8. The normalized spacial score (nSPS) is 19.5. The molecular formula is C21H27Cl2NO10. The first-order valence-electron chi connectivity index (χ1n) is 10.6. The summed E-state index contributed by atoms with van der Waals surface area (Å²) in [6.07, 6.45) is 2.41. The van der Waals surface area contributed by atoms with E-state index in [1.165, 1.54) is 39.8 Å². The van der Waals surface area contributed by atoms with E-state index >= 15 is 0 Å². The lowest BCUT2D eigenvalue weighted by Gasteiger charge is -2.35. The highest BCUT2D eigenvalue weighted by molar-refractivity contribution is 6.56. The first kappa shape index (κ1) is 29.4. The molecular weight excluding hydrogens is 497 g/mol. The number of nitrogens with zero attached hydrogens (tertiary/aromatic N) is 1. The van der Waals surface area contributed by atoms with Gasteiger partial charge in [0.25, 0.3) is 0 Å². The van der Waals surface area contributed by atoms with E-state index in [1.54, 1.807) is 0 Å². The van der Waals surface area contributed by atoms with Gasteiger partial charge in [-0.1, -0.05) is 35.4 Å². The fourth-order valence-corrected chi connectivity index (χ4v) is 4.11. The van der Waals surface area contributed by atoms with Gasteiger partial charge in [0, 0.05) is 4.92 Å². The molecule has 0 saturated carbocycles. The number of hydrogen-bond acceptors (Lipinski definition) is 10. The molecule has 0 radical (unpaired) electrons. The van der Waals surface area contributed by atoms with Crippen LogP contribution in [0.4, 0.5) is 0 Å². The number of carbonyl (C=O) groups is 4. The maximum Gasteiger partial charge on any atom is 0.321 e. The summed E-state index contributed by atoms with van der Waals surface area (Å²) >= 11 is 11.9. The molecule has 0 aromatic carbocycles. The molecule has 0 unspecified atom stereocenters. The van der Waals surface area contributed by atoms with Crippen molar-refractivity contribution in [2.75, 3.05) is 26.4 Å². The first-order chi connectivity index (χ1) is 16.1. The lowest BCUT2D eigenvalue weighted by atomic mass is 9.68. The van der Waals surface area contributed by atoms with E-state index in [0.717, 1.165) is 0 Å². The first-order valence-corrected chi connectivity index (χ1v) is 11.4. The van der Waals surface area contributed by atoms with E-state index in [0.29, 0.717) is 0 Å². The zero-order valence-electron chi connectivity index (χ0n) is 19.2. The SMILES string of the molecule is CCOC(=O)C(C(=O)OCC)[C@H]1C=CC(=C(Cl)Cl)[C@H](C(C(=O)OCC)C(=O)OCC)[C@@H]1[N+](=O)[O-]. The van der Waals surface area contributed by atoms with Gasteiger partial charge in [0.05, 0.1) is 38.3 Å². The van der Waals surface area contributed by atoms with Crippen LogP contribution in [0.3, 0.4) is 0 Å². The Balaban J connectivity index is 3.81. The Morgan fingerprint density at radius 2 is 1.24 bits per heavy atom. The van der Waals surface area contributed by atoms with E-state index in [2.05, 4.69) is 0 Å². The van der Waals surface area contributed by atoms with Crippen LogP contribution in [0.15, 0.2) is 22.2 Å². The van der Waals surface area contributed by atoms with Gasteiger partial charge in [-0.15, -0.1) is 0 Å². The van der Waals surface area contributed by atoms with Gasteiger partial charge in [-0.2, -0.15) is 0 Å². The smallest absolute Gasteiger partial charge is 0.321 e. The molecule has 11 nitrogen and oxygen atoms in total. The maximum absolute atomic E-state index is 12.8. The minimum absolute atomic E-state index is 0.106. The number of hydrogen-bond donors (Lipinski definition) is 0. The van der Waals surface area contributed by atoms with Crippen molar-refractivity contribution in [1.82, 2.24) is 0 Å². The third-order valence-corrected chi connectivity index (χ3v) is 5.42. The van der Waals surface area contributed by atoms with Crippen molar-refractivity contribution in [3.05, 3.63) is 32.3 Å². The summed E-state index contributed by atoms with van der Waals surface area (Å²) < 4.78 is 19.4. The molecule has 0 aliphatic heterocycles. The van der Waals surface area contributed by atoms with E-state index < -0.39 is 63.0 Å². The van der Waals surface area contributed by atoms with Crippen LogP contribution in [-0.4, -0.2) is 61.3 Å². The monoisotopic (exact) mass is 523 g/mol. The van der Waals surface area contributed by atoms with Crippen LogP contribution in [0.25, 0.3) is 0 Å². The quantitative estimate of drug-likeness (QED) is 0.130. The molecule has 1 aliphatic rings. The van der Waals surface area contributed by atoms with E-state index in [9.17, 15) is 29.3 Å². The number of ether oxygens (including phenoxy) is 4. The lowest BCUT2D eigenvalue weighted by Crippen LogP contribution is -2.52. The highest BCUT2D eigenvalue weighted by Crippen LogP contribution is 2.43. The highest BCUT2D eigenvalue weighted by Gasteiger charge is 2.57. The van der Waals surface area contributed by atoms with Gasteiger partial charge < -0.3 is 18.9 Å². The number of nitro groups is 1. The topological polar surface area (TPSA) is 148 Å². The molecule has 0 bridgehead atoms. The van der Waals surface area contributed by atoms with Gasteiger partial charge >= 0.3 is 23.9 Å². The summed E-state index contributed by atoms with van der Waals surface area (Å²) in [5.41, 5.74) is -0.126. The van der Waals surface area contributed by atoms with Gasteiger partial charge in [0.2, 0.25) is 6.04 Å². The van der Waals surface area contributed by atoms with Gasteiger partial charge in [-0.05, 0) is 33.3 Å². The zero-order valence-corrected chi connectivity index (χ0v) is 20.7. The fourth-order valence-electron chi connectivity index (χ4n) is 3.74. The van der Waals surface area contributed by atoms with Crippen molar-refractivity contribution in [2.24, 2.45) is 23.7 Å². The average Bonchev–Trinajstić information content (AvgIpc) is 2.74. The zero-order chi connectivity index (χ0) is 26.0. The molecule has 0 aromatic heterocycles. The van der Waals surface area contributed by atoms with E-state index in [4.69, 9.17) is 42.1 Å². The van der Waals surface area contributed by atoms with Gasteiger partial charge in [-0.3, -0.25) is 29.3 Å². The molecule has 0 heterocycles. The van der Waals surface area contributed by atoms with E-state index in [1.807, 2.05) is 0 Å². The summed E-state index contributed by atoms with van der Waals surface area (Å²) in [5.74, 6) is -11.0. The number of carbonyl (C=O) groups excluding carboxylic acids is 4. The minimum Gasteiger partial charge on any atom is -0.465 e. The molecule has 0 spiro atoms. The molecule has 0 fully saturated rings. The molecule has 0 saturated heterocycles. The fraction of sp³-hybridized carbons (Fsp3) is 0.619. The van der Waals surface area contributed by atoms with Crippen molar-refractivity contribution in [3.63, 3.8) is 0 Å². The van der Waals surface area contributed by atoms with Crippen LogP contribution in [-0.2, 0) is 38.1 Å². The molecule has 1 aliphatic carbocycles. The Morgan fingerprint density at radius 1 is 0.853 bits per heavy atom. The van der Waals surface area contributed by atoms with Crippen LogP contribution in [0.1, 0.15) is 27.7 Å². The summed E-state index contributed by atoms with van der Waals surface area (Å²) in [4.78, 5) is 62.4. The van der Waals surface area contributed by atoms with Crippen LogP contribution in [0.2, 0.25) is 0 Å². The molecule has 1 rings (SSSR count). The number of allylic oxidation sites excluding steroid dienone is 1. The highest BCUT2D eigenvalue weighted by atomic mass is 35.5. The molecule has 190 valence electrons. The van der Waals surface area contributed by atoms with Crippen LogP contribution in [0, 0.1) is 33.8 Å². The van der Waals surface area contributed by atoms with E-state index in [-0.39, 0.29) is 32.0 Å². The lowest BCUT2D eigenvalue weighted by molar-refractivity contribution is -0.540. The second kappa shape index (κ2) is 13.9. The molecule has 0 N–H and O–H groups in total. The van der Waals surface area contributed by atoms with Crippen LogP contribution >= 0.6 is 23.2 Å². The Bertz CT molecular complexity index is 816. The third-order valence-electron chi connectivity index (χ3n) is 4.99. The Labute approximate surface area is 206 Å². The third kappa shape index (κ3) is 6.92. The predicted octanol–water partition coefficient (Wildman–Crippen LogP) is 2.61. The van der Waals surface area contributed by atoms with Crippen LogP contribution < -0.4 is 0 Å². The Hall–Kier alpha value is -2.66. The van der Waals surface area contributed by atoms with Crippen molar-refractivity contribution >= 4 is 47.1 Å². The number of esters is 4. The standard InChI is InChI=1S/C21H27Cl2NO10/c1-5-31-18(25)14(19(26)32-6-2)11-9-10-12(17(22)23)13(16(11)24(29)30)15(20(27)33-7-3)21(28)34-8-4/h9-11,13-16H,5-8H2,1-4H3/t11-,13-,16-/m1/s1. The molecule has 34 heavy (non-hydrogen) atoms. The number of halogens is 2. The second-order valence-corrected chi connectivity index (χ2v) is 7.87. The van der Waals surface area contributed by atoms with Crippen molar-refractivity contribution in [1.29, 1.82) is 0 Å². The molecule has 0 amide bonds. The summed E-state index contributed by atoms with van der Waals surface area (Å²) in [5, 5.41) is 12.3. The summed E-state index contributed by atoms with van der Waals surface area (Å²) in [6, 6.07) is -1.90. The van der Waals surface area contributed by atoms with Gasteiger partial charge in [0.15, 0.2) is 11.8 Å². The minimum atomic E-state index is -1.90. The van der Waals surface area contributed by atoms with Gasteiger partial charge in [0.1, 0.15) is 4.49 Å². The Kier molecular flexibility index (Phi) is 12.0. The van der Waals surface area contributed by atoms with Crippen molar-refractivity contribution in [3.8, 4) is 0 Å².